The first kappa shape index (κ1) is 25.4. The molecule has 1 aromatic carbocycles. The molecule has 38 heavy (non-hydrogen) atoms. The number of anilines is 1. The van der Waals surface area contributed by atoms with Gasteiger partial charge in [0.25, 0.3) is 5.91 Å². The lowest BCUT2D eigenvalue weighted by molar-refractivity contribution is -0.137. The summed E-state index contributed by atoms with van der Waals surface area (Å²) in [7, 11) is 1.65. The van der Waals surface area contributed by atoms with Crippen LogP contribution in [0.2, 0.25) is 0 Å². The van der Waals surface area contributed by atoms with Gasteiger partial charge >= 0.3 is 6.09 Å². The zero-order valence-electron chi connectivity index (χ0n) is 21.9. The fourth-order valence-electron chi connectivity index (χ4n) is 4.64. The fourth-order valence-corrected chi connectivity index (χ4v) is 4.64. The topological polar surface area (TPSA) is 135 Å². The third-order valence-corrected chi connectivity index (χ3v) is 6.74. The third-order valence-electron chi connectivity index (χ3n) is 6.74. The molecule has 0 aliphatic carbocycles. The van der Waals surface area contributed by atoms with Gasteiger partial charge in [0.15, 0.2) is 5.82 Å². The van der Waals surface area contributed by atoms with Crippen molar-refractivity contribution >= 4 is 28.9 Å². The minimum Gasteiger partial charge on any atom is -0.444 e. The van der Waals surface area contributed by atoms with Gasteiger partial charge in [0, 0.05) is 43.2 Å². The second-order valence-electron chi connectivity index (χ2n) is 10.7. The minimum absolute atomic E-state index is 0.239. The average molecular weight is 515 g/mol. The van der Waals surface area contributed by atoms with Crippen LogP contribution in [-0.2, 0) is 9.53 Å². The molecule has 0 spiro atoms. The molecule has 2 unspecified atom stereocenters. The molecule has 2 aromatic heterocycles. The summed E-state index contributed by atoms with van der Waals surface area (Å²) < 4.78 is 5.60. The smallest absolute Gasteiger partial charge is 0.410 e. The summed E-state index contributed by atoms with van der Waals surface area (Å²) >= 11 is 0. The molecular weight excluding hydrogens is 484 g/mol. The molecule has 196 valence electrons. The summed E-state index contributed by atoms with van der Waals surface area (Å²) in [5.74, 6) is 5.54. The zero-order valence-corrected chi connectivity index (χ0v) is 21.9. The van der Waals surface area contributed by atoms with E-state index in [0.717, 1.165) is 17.5 Å². The van der Waals surface area contributed by atoms with Crippen molar-refractivity contribution in [3.05, 3.63) is 47.8 Å². The van der Waals surface area contributed by atoms with E-state index in [1.165, 1.54) is 11.2 Å². The van der Waals surface area contributed by atoms with Crippen molar-refractivity contribution in [3.63, 3.8) is 0 Å². The number of carbonyl (C=O) groups is 2. The van der Waals surface area contributed by atoms with E-state index in [0.29, 0.717) is 35.4 Å². The number of aliphatic hydroxyl groups is 1. The van der Waals surface area contributed by atoms with Gasteiger partial charge in [0.1, 0.15) is 17.4 Å². The molecule has 2 amide bonds. The number of nitrogen functional groups attached to an aromatic ring is 1. The Morgan fingerprint density at radius 2 is 2.00 bits per heavy atom. The molecular formula is C28H30N6O4. The number of pyridine rings is 1. The van der Waals surface area contributed by atoms with Gasteiger partial charge in [-0.2, -0.15) is 0 Å². The standard InChI is InChI=1S/C28H30N6O4/c1-27(2,3)38-26(36)34-12-9-21(34)19-15-20(32-23-22(19)30-16-31-24(23)29)18-7-5-6-17(14-18)8-10-28(37)11-13-33(4)25(28)35/h5-7,14-16,21,37H,9,11-13H2,1-4H3,(H2,29,30,31). The molecule has 2 aliphatic rings. The van der Waals surface area contributed by atoms with E-state index < -0.39 is 17.1 Å². The number of carbonyl (C=O) groups excluding carboxylic acids is 2. The first-order valence-corrected chi connectivity index (χ1v) is 12.5. The number of hydrogen-bond acceptors (Lipinski definition) is 8. The minimum atomic E-state index is -1.68. The summed E-state index contributed by atoms with van der Waals surface area (Å²) in [4.78, 5) is 41.6. The molecule has 2 atom stereocenters. The Hall–Kier alpha value is -4.23. The van der Waals surface area contributed by atoms with Gasteiger partial charge < -0.3 is 25.4 Å². The molecule has 3 N–H and O–H groups in total. The summed E-state index contributed by atoms with van der Waals surface area (Å²) in [6.07, 6.45) is 2.01. The maximum absolute atomic E-state index is 12.8. The summed E-state index contributed by atoms with van der Waals surface area (Å²) in [6, 6.07) is 9.02. The summed E-state index contributed by atoms with van der Waals surface area (Å²) in [6.45, 7) is 6.54. The van der Waals surface area contributed by atoms with Crippen molar-refractivity contribution in [1.82, 2.24) is 24.8 Å². The van der Waals surface area contributed by atoms with E-state index in [1.807, 2.05) is 45.0 Å². The number of nitrogens with zero attached hydrogens (tertiary/aromatic N) is 5. The highest BCUT2D eigenvalue weighted by Crippen LogP contribution is 2.39. The van der Waals surface area contributed by atoms with E-state index in [9.17, 15) is 14.7 Å². The van der Waals surface area contributed by atoms with Crippen LogP contribution in [-0.4, -0.2) is 73.2 Å². The number of nitrogens with two attached hydrogens (primary N) is 1. The van der Waals surface area contributed by atoms with E-state index >= 15 is 0 Å². The molecule has 3 aromatic rings. The summed E-state index contributed by atoms with van der Waals surface area (Å²) in [5, 5.41) is 10.7. The highest BCUT2D eigenvalue weighted by Gasteiger charge is 2.42. The van der Waals surface area contributed by atoms with Crippen LogP contribution in [0, 0.1) is 11.8 Å². The normalized spacial score (nSPS) is 21.2. The highest BCUT2D eigenvalue weighted by atomic mass is 16.6. The van der Waals surface area contributed by atoms with Crippen molar-refractivity contribution in [2.24, 2.45) is 0 Å². The molecule has 2 aliphatic heterocycles. The van der Waals surface area contributed by atoms with Crippen LogP contribution in [0.3, 0.4) is 0 Å². The maximum atomic E-state index is 12.8. The number of aromatic nitrogens is 3. The second-order valence-corrected chi connectivity index (χ2v) is 10.7. The van der Waals surface area contributed by atoms with Gasteiger partial charge in [-0.05, 0) is 45.4 Å². The van der Waals surface area contributed by atoms with Crippen molar-refractivity contribution in [2.45, 2.75) is 50.9 Å². The summed E-state index contributed by atoms with van der Waals surface area (Å²) in [5.41, 5.74) is 7.73. The van der Waals surface area contributed by atoms with Crippen molar-refractivity contribution in [3.8, 4) is 23.1 Å². The maximum Gasteiger partial charge on any atom is 0.410 e. The van der Waals surface area contributed by atoms with Gasteiger partial charge in [0.2, 0.25) is 5.60 Å². The van der Waals surface area contributed by atoms with Gasteiger partial charge in [-0.3, -0.25) is 4.79 Å². The van der Waals surface area contributed by atoms with Gasteiger partial charge in [-0.15, -0.1) is 0 Å². The van der Waals surface area contributed by atoms with Crippen LogP contribution in [0.4, 0.5) is 10.6 Å². The number of likely N-dealkylation sites (tertiary alicyclic amines) is 2. The van der Waals surface area contributed by atoms with Crippen LogP contribution >= 0.6 is 0 Å². The lowest BCUT2D eigenvalue weighted by atomic mass is 9.92. The lowest BCUT2D eigenvalue weighted by Gasteiger charge is -2.41. The predicted octanol–water partition coefficient (Wildman–Crippen LogP) is 2.90. The Morgan fingerprint density at radius 1 is 1.21 bits per heavy atom. The monoisotopic (exact) mass is 514 g/mol. The SMILES string of the molecule is CN1CCC(O)(C#Cc2cccc(-c3cc(C4CCN4C(=O)OC(C)(C)C)c4ncnc(N)c4n3)c2)C1=O. The first-order valence-electron chi connectivity index (χ1n) is 12.5. The molecule has 4 heterocycles. The Bertz CT molecular complexity index is 1500. The van der Waals surface area contributed by atoms with E-state index in [2.05, 4.69) is 21.8 Å². The van der Waals surface area contributed by atoms with E-state index in [1.54, 1.807) is 18.0 Å². The number of amides is 2. The number of fused-ring (bicyclic) bond motifs is 1. The quantitative estimate of drug-likeness (QED) is 0.499. The highest BCUT2D eigenvalue weighted by molar-refractivity contribution is 5.91. The Morgan fingerprint density at radius 3 is 2.66 bits per heavy atom. The molecule has 2 fully saturated rings. The first-order chi connectivity index (χ1) is 17.9. The molecule has 2 saturated heterocycles. The van der Waals surface area contributed by atoms with Crippen molar-refractivity contribution in [1.29, 1.82) is 0 Å². The molecule has 0 bridgehead atoms. The lowest BCUT2D eigenvalue weighted by Crippen LogP contribution is -2.47. The largest absolute Gasteiger partial charge is 0.444 e. The average Bonchev–Trinajstić information content (AvgIpc) is 3.09. The van der Waals surface area contributed by atoms with Crippen LogP contribution in [0.15, 0.2) is 36.7 Å². The number of likely N-dealkylation sites (N-methyl/N-ethyl adjacent to an activating group) is 1. The number of rotatable bonds is 2. The van der Waals surface area contributed by atoms with E-state index in [-0.39, 0.29) is 24.4 Å². The molecule has 10 nitrogen and oxygen atoms in total. The van der Waals surface area contributed by atoms with Crippen LogP contribution in [0.1, 0.15) is 50.8 Å². The van der Waals surface area contributed by atoms with Crippen molar-refractivity contribution < 1.29 is 19.4 Å². The van der Waals surface area contributed by atoms with Crippen LogP contribution in [0.5, 0.6) is 0 Å². The number of hydrogen-bond donors (Lipinski definition) is 2. The molecule has 5 rings (SSSR count). The zero-order chi connectivity index (χ0) is 27.2. The third kappa shape index (κ3) is 4.73. The van der Waals surface area contributed by atoms with Crippen molar-refractivity contribution in [2.75, 3.05) is 25.9 Å². The Labute approximate surface area is 220 Å². The van der Waals surface area contributed by atoms with E-state index in [4.69, 9.17) is 15.5 Å². The predicted molar refractivity (Wildman–Crippen MR) is 142 cm³/mol. The molecule has 10 heteroatoms. The fraction of sp³-hybridized carbons (Fsp3) is 0.393. The number of ether oxygens (including phenoxy) is 1. The van der Waals surface area contributed by atoms with Crippen LogP contribution < -0.4 is 5.73 Å². The van der Waals surface area contributed by atoms with Gasteiger partial charge in [-0.1, -0.05) is 24.0 Å². The Balaban J connectivity index is 1.53. The van der Waals surface area contributed by atoms with Gasteiger partial charge in [0.05, 0.1) is 17.3 Å². The van der Waals surface area contributed by atoms with Gasteiger partial charge in [-0.25, -0.2) is 19.7 Å². The Kier molecular flexibility index (Phi) is 6.19. The molecule has 0 saturated carbocycles. The van der Waals surface area contributed by atoms with Crippen LogP contribution in [0.25, 0.3) is 22.3 Å². The second kappa shape index (κ2) is 9.26. The number of benzene rings is 1. The molecule has 0 radical (unpaired) electrons.